The number of alkyl halides is 3. The highest BCUT2D eigenvalue weighted by Crippen LogP contribution is 2.39. The SMILES string of the molecule is N#CC1(c2ccc(OC(F)(F)F)cc2Cl)CCNCC1. The van der Waals surface area contributed by atoms with E-state index < -0.39 is 11.8 Å². The van der Waals surface area contributed by atoms with Crippen molar-refractivity contribution in [3.63, 3.8) is 0 Å². The van der Waals surface area contributed by atoms with Crippen LogP contribution < -0.4 is 10.1 Å². The maximum atomic E-state index is 12.1. The molecule has 3 nitrogen and oxygen atoms in total. The maximum absolute atomic E-state index is 12.1. The molecule has 1 aliphatic rings. The first kappa shape index (κ1) is 14.9. The molecule has 1 N–H and O–H groups in total. The number of rotatable bonds is 2. The van der Waals surface area contributed by atoms with E-state index in [9.17, 15) is 18.4 Å². The Hall–Kier alpha value is -1.45. The summed E-state index contributed by atoms with van der Waals surface area (Å²) in [4.78, 5) is 0. The fourth-order valence-corrected chi connectivity index (χ4v) is 2.73. The third-order valence-corrected chi connectivity index (χ3v) is 3.67. The predicted octanol–water partition coefficient (Wildman–Crippen LogP) is 3.38. The van der Waals surface area contributed by atoms with E-state index in [2.05, 4.69) is 16.1 Å². The molecular formula is C13H12ClF3N2O. The summed E-state index contributed by atoms with van der Waals surface area (Å²) in [6.07, 6.45) is -3.61. The summed E-state index contributed by atoms with van der Waals surface area (Å²) < 4.78 is 40.2. The minimum absolute atomic E-state index is 0.121. The first-order valence-corrected chi connectivity index (χ1v) is 6.42. The molecule has 1 aliphatic heterocycles. The third-order valence-electron chi connectivity index (χ3n) is 3.36. The van der Waals surface area contributed by atoms with Gasteiger partial charge in [0.15, 0.2) is 0 Å². The van der Waals surface area contributed by atoms with Gasteiger partial charge in [-0.15, -0.1) is 13.2 Å². The molecule has 2 rings (SSSR count). The summed E-state index contributed by atoms with van der Waals surface area (Å²) in [5.41, 5.74) is -0.197. The average molecular weight is 305 g/mol. The number of hydrogen-bond acceptors (Lipinski definition) is 3. The summed E-state index contributed by atoms with van der Waals surface area (Å²) in [7, 11) is 0. The van der Waals surface area contributed by atoms with Crippen LogP contribution in [0.3, 0.4) is 0 Å². The summed E-state index contributed by atoms with van der Waals surface area (Å²) in [5.74, 6) is -0.381. The zero-order chi connectivity index (χ0) is 14.8. The van der Waals surface area contributed by atoms with Crippen LogP contribution in [0.1, 0.15) is 18.4 Å². The van der Waals surface area contributed by atoms with Gasteiger partial charge in [-0.25, -0.2) is 0 Å². The van der Waals surface area contributed by atoms with Crippen molar-refractivity contribution < 1.29 is 17.9 Å². The van der Waals surface area contributed by atoms with Gasteiger partial charge in [-0.3, -0.25) is 0 Å². The van der Waals surface area contributed by atoms with Crippen LogP contribution in [0.25, 0.3) is 0 Å². The molecule has 1 fully saturated rings. The zero-order valence-electron chi connectivity index (χ0n) is 10.4. The van der Waals surface area contributed by atoms with Gasteiger partial charge in [-0.05, 0) is 43.6 Å². The van der Waals surface area contributed by atoms with Gasteiger partial charge < -0.3 is 10.1 Å². The van der Waals surface area contributed by atoms with Crippen molar-refractivity contribution in [1.82, 2.24) is 5.32 Å². The van der Waals surface area contributed by atoms with Gasteiger partial charge in [0, 0.05) is 5.02 Å². The van der Waals surface area contributed by atoms with Gasteiger partial charge >= 0.3 is 6.36 Å². The fraction of sp³-hybridized carbons (Fsp3) is 0.462. The van der Waals surface area contributed by atoms with Crippen LogP contribution in [-0.4, -0.2) is 19.5 Å². The minimum Gasteiger partial charge on any atom is -0.406 e. The minimum atomic E-state index is -4.76. The second-order valence-electron chi connectivity index (χ2n) is 4.63. The highest BCUT2D eigenvalue weighted by molar-refractivity contribution is 6.31. The molecule has 1 saturated heterocycles. The van der Waals surface area contributed by atoms with E-state index >= 15 is 0 Å². The number of nitrogens with zero attached hydrogens (tertiary/aromatic N) is 1. The topological polar surface area (TPSA) is 45.0 Å². The Kier molecular flexibility index (Phi) is 4.11. The van der Waals surface area contributed by atoms with Gasteiger partial charge in [0.25, 0.3) is 0 Å². The fourth-order valence-electron chi connectivity index (χ4n) is 2.38. The zero-order valence-corrected chi connectivity index (χ0v) is 11.2. The highest BCUT2D eigenvalue weighted by atomic mass is 35.5. The van der Waals surface area contributed by atoms with Gasteiger partial charge in [0.05, 0.1) is 11.5 Å². The summed E-state index contributed by atoms with van der Waals surface area (Å²) in [6.45, 7) is 1.34. The van der Waals surface area contributed by atoms with Crippen molar-refractivity contribution in [2.75, 3.05) is 13.1 Å². The van der Waals surface area contributed by atoms with Crippen LogP contribution in [0, 0.1) is 11.3 Å². The number of ether oxygens (including phenoxy) is 1. The molecule has 0 aromatic heterocycles. The highest BCUT2D eigenvalue weighted by Gasteiger charge is 2.36. The summed E-state index contributed by atoms with van der Waals surface area (Å²) in [6, 6.07) is 5.99. The second kappa shape index (κ2) is 5.51. The first-order valence-electron chi connectivity index (χ1n) is 6.04. The van der Waals surface area contributed by atoms with E-state index in [1.165, 1.54) is 12.1 Å². The Bertz CT molecular complexity index is 533. The van der Waals surface area contributed by atoms with E-state index in [1.807, 2.05) is 0 Å². The predicted molar refractivity (Wildman–Crippen MR) is 67.5 cm³/mol. The standard InChI is InChI=1S/C13H12ClF3N2O/c14-11-7-9(20-13(15,16)17)1-2-10(11)12(8-18)3-5-19-6-4-12/h1-2,7,19H,3-6H2. The van der Waals surface area contributed by atoms with E-state index in [1.54, 1.807) is 0 Å². The Morgan fingerprint density at radius 3 is 2.45 bits per heavy atom. The lowest BCUT2D eigenvalue weighted by atomic mass is 9.74. The quantitative estimate of drug-likeness (QED) is 0.911. The Morgan fingerprint density at radius 2 is 1.95 bits per heavy atom. The number of piperidine rings is 1. The molecule has 1 heterocycles. The summed E-state index contributed by atoms with van der Waals surface area (Å²) >= 11 is 6.04. The molecule has 0 amide bonds. The molecule has 20 heavy (non-hydrogen) atoms. The van der Waals surface area contributed by atoms with Crippen LogP contribution in [0.5, 0.6) is 5.75 Å². The van der Waals surface area contributed by atoms with Crippen molar-refractivity contribution in [3.8, 4) is 11.8 Å². The van der Waals surface area contributed by atoms with E-state index in [-0.39, 0.29) is 10.8 Å². The van der Waals surface area contributed by atoms with E-state index in [4.69, 9.17) is 11.6 Å². The summed E-state index contributed by atoms with van der Waals surface area (Å²) in [5, 5.41) is 12.7. The van der Waals surface area contributed by atoms with Crippen molar-refractivity contribution in [3.05, 3.63) is 28.8 Å². The maximum Gasteiger partial charge on any atom is 0.573 e. The van der Waals surface area contributed by atoms with Crippen LogP contribution in [0.4, 0.5) is 13.2 Å². The largest absolute Gasteiger partial charge is 0.573 e. The van der Waals surface area contributed by atoms with Crippen molar-refractivity contribution in [1.29, 1.82) is 5.26 Å². The molecule has 0 bridgehead atoms. The molecule has 0 saturated carbocycles. The molecule has 0 spiro atoms. The molecule has 1 aromatic carbocycles. The molecule has 7 heteroatoms. The first-order chi connectivity index (χ1) is 9.36. The Balaban J connectivity index is 2.32. The van der Waals surface area contributed by atoms with E-state index in [0.717, 1.165) is 6.07 Å². The molecule has 0 aliphatic carbocycles. The van der Waals surface area contributed by atoms with Crippen LogP contribution in [-0.2, 0) is 5.41 Å². The monoisotopic (exact) mass is 304 g/mol. The lowest BCUT2D eigenvalue weighted by Crippen LogP contribution is -2.39. The van der Waals surface area contributed by atoms with Gasteiger partial charge in [0.2, 0.25) is 0 Å². The van der Waals surface area contributed by atoms with Gasteiger partial charge in [-0.1, -0.05) is 17.7 Å². The normalized spacial score (nSPS) is 18.4. The third kappa shape index (κ3) is 3.17. The van der Waals surface area contributed by atoms with Gasteiger partial charge in [-0.2, -0.15) is 5.26 Å². The number of nitrogens with one attached hydrogen (secondary N) is 1. The van der Waals surface area contributed by atoms with Crippen molar-refractivity contribution >= 4 is 11.6 Å². The lowest BCUT2D eigenvalue weighted by Gasteiger charge is -2.32. The molecule has 0 atom stereocenters. The molecule has 0 unspecified atom stereocenters. The van der Waals surface area contributed by atoms with Crippen LogP contribution in [0.2, 0.25) is 5.02 Å². The van der Waals surface area contributed by atoms with E-state index in [0.29, 0.717) is 31.5 Å². The van der Waals surface area contributed by atoms with Crippen LogP contribution >= 0.6 is 11.6 Å². The Labute approximate surface area is 119 Å². The smallest absolute Gasteiger partial charge is 0.406 e. The molecule has 0 radical (unpaired) electrons. The average Bonchev–Trinajstić information content (AvgIpc) is 2.37. The van der Waals surface area contributed by atoms with Crippen molar-refractivity contribution in [2.24, 2.45) is 0 Å². The van der Waals surface area contributed by atoms with Crippen molar-refractivity contribution in [2.45, 2.75) is 24.6 Å². The lowest BCUT2D eigenvalue weighted by molar-refractivity contribution is -0.274. The number of hydrogen-bond donors (Lipinski definition) is 1. The number of benzene rings is 1. The number of halogens is 4. The molecule has 108 valence electrons. The molecule has 1 aromatic rings. The second-order valence-corrected chi connectivity index (χ2v) is 5.04. The Morgan fingerprint density at radius 1 is 1.30 bits per heavy atom. The molecular weight excluding hydrogens is 293 g/mol. The van der Waals surface area contributed by atoms with Crippen LogP contribution in [0.15, 0.2) is 18.2 Å². The number of nitriles is 1. The van der Waals surface area contributed by atoms with Gasteiger partial charge in [0.1, 0.15) is 5.75 Å².